The lowest BCUT2D eigenvalue weighted by Gasteiger charge is -2.30. The molecule has 0 radical (unpaired) electrons. The molecule has 0 spiro atoms. The van der Waals surface area contributed by atoms with E-state index in [4.69, 9.17) is 9.47 Å². The van der Waals surface area contributed by atoms with E-state index in [0.29, 0.717) is 13.1 Å². The van der Waals surface area contributed by atoms with Gasteiger partial charge in [0, 0.05) is 25.9 Å². The van der Waals surface area contributed by atoms with Crippen LogP contribution in [0.15, 0.2) is 48.6 Å². The number of aliphatic hydroxyl groups is 2. The largest absolute Gasteiger partial charge is 0.389 e. The van der Waals surface area contributed by atoms with Gasteiger partial charge in [-0.2, -0.15) is 0 Å². The third-order valence-electron chi connectivity index (χ3n) is 10.3. The molecule has 0 aromatic carbocycles. The third-order valence-corrected chi connectivity index (χ3v) is 10.3. The predicted molar refractivity (Wildman–Crippen MR) is 210 cm³/mol. The van der Waals surface area contributed by atoms with Gasteiger partial charge in [0.1, 0.15) is 12.2 Å². The van der Waals surface area contributed by atoms with Gasteiger partial charge < -0.3 is 24.6 Å². The van der Waals surface area contributed by atoms with Gasteiger partial charge in [0.05, 0.1) is 12.2 Å². The Morgan fingerprint density at radius 1 is 0.490 bits per heavy atom. The van der Waals surface area contributed by atoms with Gasteiger partial charge >= 0.3 is 0 Å². The zero-order chi connectivity index (χ0) is 35.3. The van der Waals surface area contributed by atoms with Crippen LogP contribution in [0.5, 0.6) is 0 Å². The molecule has 2 N–H and O–H groups in total. The Kier molecular flexibility index (Phi) is 26.3. The van der Waals surface area contributed by atoms with E-state index in [-0.39, 0.29) is 0 Å². The van der Waals surface area contributed by atoms with Crippen LogP contribution in [0.4, 0.5) is 0 Å². The van der Waals surface area contributed by atoms with E-state index in [1.165, 1.54) is 128 Å². The lowest BCUT2D eigenvalue weighted by molar-refractivity contribution is -0.201. The summed E-state index contributed by atoms with van der Waals surface area (Å²) in [6.45, 7) is 5.53. The molecule has 2 saturated heterocycles. The molecule has 5 heteroatoms. The molecule has 5 nitrogen and oxygen atoms in total. The standard InChI is InChI=1S/C44H79NO4/c1-4-6-8-10-12-14-16-18-20-22-24-26-28-30-32-34-36-44(48-42-40(46)38-45(3)39-41(47)43(42)49-44)37-35-33-31-29-27-25-23-21-19-17-15-13-11-9-7-5-2/h12-15,18-21,40-43,46-47H,4-11,16-17,22-39H2,1-3H3/b14-12-,15-13-,20-18-,21-19-/t40-,41+,42+,43-. The molecule has 49 heavy (non-hydrogen) atoms. The zero-order valence-corrected chi connectivity index (χ0v) is 32.4. The maximum Gasteiger partial charge on any atom is 0.169 e. The number of nitrogens with zero attached hydrogens (tertiary/aromatic N) is 1. The molecule has 0 bridgehead atoms. The summed E-state index contributed by atoms with van der Waals surface area (Å²) in [6, 6.07) is 0. The highest BCUT2D eigenvalue weighted by atomic mass is 16.8. The van der Waals surface area contributed by atoms with Crippen molar-refractivity contribution in [1.82, 2.24) is 4.90 Å². The number of fused-ring (bicyclic) bond motifs is 1. The van der Waals surface area contributed by atoms with Crippen LogP contribution in [0.2, 0.25) is 0 Å². The quantitative estimate of drug-likeness (QED) is 0.0582. The lowest BCUT2D eigenvalue weighted by atomic mass is 9.98. The SMILES string of the molecule is CCCCC/C=C\C/C=C\CCCCCCCCC1(CCCCCCCC/C=C\C/C=C\CCCCC)O[C@@H]2[C@H](O1)[C@@H](O)CN(C)C[C@H]2O. The Balaban J connectivity index is 1.64. The van der Waals surface area contributed by atoms with Crippen LogP contribution in [-0.2, 0) is 9.47 Å². The Morgan fingerprint density at radius 3 is 1.18 bits per heavy atom. The number of rotatable bonds is 30. The maximum atomic E-state index is 10.9. The van der Waals surface area contributed by atoms with Gasteiger partial charge in [-0.05, 0) is 84.1 Å². The third kappa shape index (κ3) is 21.0. The molecule has 2 rings (SSSR count). The normalized spacial score (nSPS) is 23.1. The zero-order valence-electron chi connectivity index (χ0n) is 32.4. The average molecular weight is 686 g/mol. The van der Waals surface area contributed by atoms with E-state index in [0.717, 1.165) is 38.5 Å². The molecule has 2 fully saturated rings. The molecule has 2 heterocycles. The molecule has 0 aromatic heterocycles. The van der Waals surface area contributed by atoms with Gasteiger partial charge in [0.15, 0.2) is 5.79 Å². The topological polar surface area (TPSA) is 62.2 Å². The van der Waals surface area contributed by atoms with Crippen molar-refractivity contribution in [2.75, 3.05) is 20.1 Å². The minimum absolute atomic E-state index is 0.450. The first-order valence-corrected chi connectivity index (χ1v) is 21.0. The second-order valence-corrected chi connectivity index (χ2v) is 15.1. The number of likely N-dealkylation sites (tertiary alicyclic amines) is 1. The van der Waals surface area contributed by atoms with Crippen molar-refractivity contribution in [2.45, 2.75) is 211 Å². The van der Waals surface area contributed by atoms with Crippen LogP contribution in [-0.4, -0.2) is 65.5 Å². The molecular weight excluding hydrogens is 606 g/mol. The molecule has 2 aliphatic heterocycles. The highest BCUT2D eigenvalue weighted by Crippen LogP contribution is 2.41. The van der Waals surface area contributed by atoms with Crippen molar-refractivity contribution in [3.05, 3.63) is 48.6 Å². The number of allylic oxidation sites excluding steroid dienone is 8. The van der Waals surface area contributed by atoms with Crippen molar-refractivity contribution >= 4 is 0 Å². The summed E-state index contributed by atoms with van der Waals surface area (Å²) < 4.78 is 13.3. The van der Waals surface area contributed by atoms with Crippen LogP contribution in [0.3, 0.4) is 0 Å². The van der Waals surface area contributed by atoms with Gasteiger partial charge in [-0.3, -0.25) is 0 Å². The van der Waals surface area contributed by atoms with Crippen molar-refractivity contribution < 1.29 is 19.7 Å². The van der Waals surface area contributed by atoms with Crippen molar-refractivity contribution in [2.24, 2.45) is 0 Å². The number of β-amino-alcohol motifs (C(OH)–C–C–N with tert-alkyl or cyclic N) is 2. The molecular formula is C44H79NO4. The van der Waals surface area contributed by atoms with Crippen LogP contribution >= 0.6 is 0 Å². The summed E-state index contributed by atoms with van der Waals surface area (Å²) in [5, 5.41) is 21.9. The Hall–Kier alpha value is -1.24. The van der Waals surface area contributed by atoms with Gasteiger partial charge in [-0.25, -0.2) is 0 Å². The number of ether oxygens (including phenoxy) is 2. The van der Waals surface area contributed by atoms with E-state index in [1.54, 1.807) is 0 Å². The Bertz CT molecular complexity index is 812. The van der Waals surface area contributed by atoms with Crippen molar-refractivity contribution in [1.29, 1.82) is 0 Å². The van der Waals surface area contributed by atoms with E-state index in [2.05, 4.69) is 62.5 Å². The minimum Gasteiger partial charge on any atom is -0.389 e. The molecule has 0 unspecified atom stereocenters. The van der Waals surface area contributed by atoms with E-state index >= 15 is 0 Å². The maximum absolute atomic E-state index is 10.9. The van der Waals surface area contributed by atoms with Gasteiger partial charge in [-0.15, -0.1) is 0 Å². The van der Waals surface area contributed by atoms with Crippen LogP contribution < -0.4 is 0 Å². The van der Waals surface area contributed by atoms with E-state index in [9.17, 15) is 10.2 Å². The van der Waals surface area contributed by atoms with Gasteiger partial charge in [0.2, 0.25) is 0 Å². The second-order valence-electron chi connectivity index (χ2n) is 15.1. The first-order valence-electron chi connectivity index (χ1n) is 21.0. The minimum atomic E-state index is -0.669. The van der Waals surface area contributed by atoms with Crippen molar-refractivity contribution in [3.63, 3.8) is 0 Å². The monoisotopic (exact) mass is 686 g/mol. The van der Waals surface area contributed by atoms with Gasteiger partial charge in [0.25, 0.3) is 0 Å². The molecule has 0 aliphatic carbocycles. The molecule has 2 aliphatic rings. The van der Waals surface area contributed by atoms with E-state index < -0.39 is 30.2 Å². The average Bonchev–Trinajstić information content (AvgIpc) is 3.44. The lowest BCUT2D eigenvalue weighted by Crippen LogP contribution is -2.41. The smallest absolute Gasteiger partial charge is 0.169 e. The Labute approximate surface area is 303 Å². The molecule has 0 aromatic rings. The first-order chi connectivity index (χ1) is 24.0. The summed E-state index contributed by atoms with van der Waals surface area (Å²) in [6.07, 6.45) is 47.7. The fourth-order valence-electron chi connectivity index (χ4n) is 7.30. The molecule has 0 amide bonds. The van der Waals surface area contributed by atoms with Gasteiger partial charge in [-0.1, -0.05) is 140 Å². The molecule has 0 saturated carbocycles. The number of hydrogen-bond donors (Lipinski definition) is 2. The second kappa shape index (κ2) is 29.3. The number of aliphatic hydroxyl groups excluding tert-OH is 2. The van der Waals surface area contributed by atoms with E-state index in [1.807, 2.05) is 11.9 Å². The van der Waals surface area contributed by atoms with Crippen LogP contribution in [0.25, 0.3) is 0 Å². The van der Waals surface area contributed by atoms with Crippen molar-refractivity contribution in [3.8, 4) is 0 Å². The summed E-state index contributed by atoms with van der Waals surface area (Å²) in [4.78, 5) is 1.98. The summed E-state index contributed by atoms with van der Waals surface area (Å²) in [5.41, 5.74) is 0. The predicted octanol–water partition coefficient (Wildman–Crippen LogP) is 11.5. The first kappa shape index (κ1) is 43.9. The van der Waals surface area contributed by atoms with Crippen LogP contribution in [0, 0.1) is 0 Å². The number of hydrogen-bond acceptors (Lipinski definition) is 5. The van der Waals surface area contributed by atoms with Crippen LogP contribution in [0.1, 0.15) is 181 Å². The summed E-state index contributed by atoms with van der Waals surface area (Å²) in [5.74, 6) is -0.669. The molecule has 4 atom stereocenters. The Morgan fingerprint density at radius 2 is 0.816 bits per heavy atom. The fraction of sp³-hybridized carbons (Fsp3) is 0.818. The highest BCUT2D eigenvalue weighted by Gasteiger charge is 2.53. The highest BCUT2D eigenvalue weighted by molar-refractivity contribution is 4.97. The summed E-state index contributed by atoms with van der Waals surface area (Å²) >= 11 is 0. The summed E-state index contributed by atoms with van der Waals surface area (Å²) in [7, 11) is 1.94. The number of unbranched alkanes of at least 4 members (excludes halogenated alkanes) is 18. The number of likely N-dealkylation sites (N-methyl/N-ethyl adjacent to an activating group) is 1. The molecule has 284 valence electrons. The fourth-order valence-corrected chi connectivity index (χ4v) is 7.30.